The molecule has 2 heterocycles. The lowest BCUT2D eigenvalue weighted by Crippen LogP contribution is -2.53. The van der Waals surface area contributed by atoms with Gasteiger partial charge in [-0.2, -0.15) is 0 Å². The Labute approximate surface area is 161 Å². The highest BCUT2D eigenvalue weighted by Crippen LogP contribution is 2.39. The second-order valence-corrected chi connectivity index (χ2v) is 7.96. The van der Waals surface area contributed by atoms with Crippen molar-refractivity contribution in [2.45, 2.75) is 58.3 Å². The van der Waals surface area contributed by atoms with Crippen LogP contribution in [0.3, 0.4) is 0 Å². The van der Waals surface area contributed by atoms with Crippen molar-refractivity contribution >= 4 is 11.6 Å². The molecule has 1 aromatic carbocycles. The SMILES string of the molecule is CCCC1(CCC)COC(Cc2ccc(Cl)cc2)(Cn2ccnc2)OC1. The second kappa shape index (κ2) is 8.55. The Balaban J connectivity index is 1.79. The van der Waals surface area contributed by atoms with Gasteiger partial charge in [-0.25, -0.2) is 4.98 Å². The fraction of sp³-hybridized carbons (Fsp3) is 0.571. The van der Waals surface area contributed by atoms with Gasteiger partial charge in [-0.1, -0.05) is 50.4 Å². The average Bonchev–Trinajstić information content (AvgIpc) is 3.13. The minimum absolute atomic E-state index is 0.141. The monoisotopic (exact) mass is 376 g/mol. The maximum atomic E-state index is 6.49. The number of halogens is 1. The second-order valence-electron chi connectivity index (χ2n) is 7.53. The van der Waals surface area contributed by atoms with E-state index < -0.39 is 5.79 Å². The molecule has 26 heavy (non-hydrogen) atoms. The zero-order valence-electron chi connectivity index (χ0n) is 15.8. The van der Waals surface area contributed by atoms with Crippen LogP contribution in [0.5, 0.6) is 0 Å². The molecular weight excluding hydrogens is 348 g/mol. The van der Waals surface area contributed by atoms with E-state index in [-0.39, 0.29) is 5.41 Å². The van der Waals surface area contributed by atoms with Gasteiger partial charge < -0.3 is 14.0 Å². The van der Waals surface area contributed by atoms with Crippen LogP contribution in [0.4, 0.5) is 0 Å². The minimum Gasteiger partial charge on any atom is -0.347 e. The minimum atomic E-state index is -0.667. The molecule has 0 unspecified atom stereocenters. The fourth-order valence-electron chi connectivity index (χ4n) is 3.95. The lowest BCUT2D eigenvalue weighted by molar-refractivity contribution is -0.311. The highest BCUT2D eigenvalue weighted by molar-refractivity contribution is 6.30. The van der Waals surface area contributed by atoms with E-state index in [0.29, 0.717) is 13.0 Å². The number of aromatic nitrogens is 2. The molecule has 1 aromatic heterocycles. The Morgan fingerprint density at radius 1 is 1.08 bits per heavy atom. The summed E-state index contributed by atoms with van der Waals surface area (Å²) in [4.78, 5) is 4.16. The number of ether oxygens (including phenoxy) is 2. The van der Waals surface area contributed by atoms with E-state index in [4.69, 9.17) is 21.1 Å². The highest BCUT2D eigenvalue weighted by atomic mass is 35.5. The Bertz CT molecular complexity index is 654. The normalized spacial score (nSPS) is 18.7. The third-order valence-corrected chi connectivity index (χ3v) is 5.46. The number of hydrogen-bond acceptors (Lipinski definition) is 3. The third kappa shape index (κ3) is 4.67. The largest absolute Gasteiger partial charge is 0.347 e. The van der Waals surface area contributed by atoms with Crippen LogP contribution in [0.25, 0.3) is 0 Å². The average molecular weight is 377 g/mol. The Hall–Kier alpha value is -1.36. The van der Waals surface area contributed by atoms with Gasteiger partial charge in [-0.15, -0.1) is 0 Å². The lowest BCUT2D eigenvalue weighted by atomic mass is 9.79. The molecule has 0 atom stereocenters. The topological polar surface area (TPSA) is 36.3 Å². The van der Waals surface area contributed by atoms with Crippen LogP contribution in [0.15, 0.2) is 43.0 Å². The standard InChI is InChI=1S/C21H29ClN2O2/c1-3-9-20(10-4-2)15-25-21(26-16-20,14-24-12-11-23-17-24)13-18-5-7-19(22)8-6-18/h5-8,11-12,17H,3-4,9-10,13-16H2,1-2H3. The van der Waals surface area contributed by atoms with E-state index in [1.807, 2.05) is 41.4 Å². The lowest BCUT2D eigenvalue weighted by Gasteiger charge is -2.46. The molecule has 1 fully saturated rings. The molecule has 4 nitrogen and oxygen atoms in total. The molecule has 2 aromatic rings. The number of hydrogen-bond donors (Lipinski definition) is 0. The Kier molecular flexibility index (Phi) is 6.38. The molecule has 0 bridgehead atoms. The van der Waals surface area contributed by atoms with Gasteiger partial charge in [0.15, 0.2) is 5.79 Å². The van der Waals surface area contributed by atoms with Crippen molar-refractivity contribution in [3.63, 3.8) is 0 Å². The van der Waals surface area contributed by atoms with Crippen molar-refractivity contribution in [1.82, 2.24) is 9.55 Å². The van der Waals surface area contributed by atoms with Crippen LogP contribution in [-0.4, -0.2) is 28.6 Å². The molecule has 0 spiro atoms. The van der Waals surface area contributed by atoms with Crippen LogP contribution in [0.1, 0.15) is 45.1 Å². The summed E-state index contributed by atoms with van der Waals surface area (Å²) >= 11 is 6.04. The quantitative estimate of drug-likeness (QED) is 0.642. The number of nitrogens with zero attached hydrogens (tertiary/aromatic N) is 2. The van der Waals surface area contributed by atoms with Crippen LogP contribution >= 0.6 is 11.6 Å². The van der Waals surface area contributed by atoms with Gasteiger partial charge in [-0.3, -0.25) is 0 Å². The van der Waals surface area contributed by atoms with Crippen molar-refractivity contribution in [2.75, 3.05) is 13.2 Å². The van der Waals surface area contributed by atoms with E-state index in [2.05, 4.69) is 18.8 Å². The third-order valence-electron chi connectivity index (χ3n) is 5.21. The van der Waals surface area contributed by atoms with Crippen LogP contribution in [0, 0.1) is 5.41 Å². The first-order valence-electron chi connectivity index (χ1n) is 9.57. The fourth-order valence-corrected chi connectivity index (χ4v) is 4.07. The van der Waals surface area contributed by atoms with Crippen LogP contribution in [-0.2, 0) is 22.4 Å². The first kappa shape index (κ1) is 19.4. The number of rotatable bonds is 8. The van der Waals surface area contributed by atoms with E-state index in [1.54, 1.807) is 6.20 Å². The van der Waals surface area contributed by atoms with Crippen molar-refractivity contribution in [2.24, 2.45) is 5.41 Å². The van der Waals surface area contributed by atoms with Gasteiger partial charge in [-0.05, 0) is 30.5 Å². The summed E-state index contributed by atoms with van der Waals surface area (Å²) in [5, 5.41) is 0.743. The first-order valence-corrected chi connectivity index (χ1v) is 9.95. The smallest absolute Gasteiger partial charge is 0.190 e. The van der Waals surface area contributed by atoms with Gasteiger partial charge in [0.05, 0.1) is 26.1 Å². The molecular formula is C21H29ClN2O2. The maximum Gasteiger partial charge on any atom is 0.190 e. The summed E-state index contributed by atoms with van der Waals surface area (Å²) in [6, 6.07) is 7.93. The number of imidazole rings is 1. The molecule has 0 radical (unpaired) electrons. The first-order chi connectivity index (χ1) is 12.6. The van der Waals surface area contributed by atoms with Gasteiger partial charge in [0, 0.05) is 29.3 Å². The zero-order chi connectivity index (χ0) is 18.5. The van der Waals surface area contributed by atoms with Crippen molar-refractivity contribution in [3.8, 4) is 0 Å². The summed E-state index contributed by atoms with van der Waals surface area (Å²) < 4.78 is 15.0. The van der Waals surface area contributed by atoms with Gasteiger partial charge in [0.1, 0.15) is 0 Å². The van der Waals surface area contributed by atoms with E-state index in [9.17, 15) is 0 Å². The summed E-state index contributed by atoms with van der Waals surface area (Å²) in [6.07, 6.45) is 10.8. The molecule has 1 aliphatic heterocycles. The van der Waals surface area contributed by atoms with Crippen molar-refractivity contribution in [3.05, 3.63) is 53.6 Å². The molecule has 142 valence electrons. The highest BCUT2D eigenvalue weighted by Gasteiger charge is 2.44. The van der Waals surface area contributed by atoms with E-state index >= 15 is 0 Å². The number of benzene rings is 1. The summed E-state index contributed by atoms with van der Waals surface area (Å²) in [7, 11) is 0. The van der Waals surface area contributed by atoms with E-state index in [1.165, 1.54) is 0 Å². The van der Waals surface area contributed by atoms with Gasteiger partial charge >= 0.3 is 0 Å². The molecule has 5 heteroatoms. The predicted octanol–water partition coefficient (Wildman–Crippen LogP) is 5.11. The Morgan fingerprint density at radius 3 is 2.27 bits per heavy atom. The molecule has 0 amide bonds. The van der Waals surface area contributed by atoms with E-state index in [0.717, 1.165) is 49.5 Å². The molecule has 0 saturated carbocycles. The molecule has 1 aliphatic rings. The summed E-state index contributed by atoms with van der Waals surface area (Å²) in [5.74, 6) is -0.667. The summed E-state index contributed by atoms with van der Waals surface area (Å²) in [6.45, 7) is 6.59. The van der Waals surface area contributed by atoms with Gasteiger partial charge in [0.25, 0.3) is 0 Å². The van der Waals surface area contributed by atoms with Crippen molar-refractivity contribution in [1.29, 1.82) is 0 Å². The molecule has 0 aliphatic carbocycles. The molecule has 0 N–H and O–H groups in total. The van der Waals surface area contributed by atoms with Crippen molar-refractivity contribution < 1.29 is 9.47 Å². The summed E-state index contributed by atoms with van der Waals surface area (Å²) in [5.41, 5.74) is 1.30. The maximum absolute atomic E-state index is 6.49. The van der Waals surface area contributed by atoms with Gasteiger partial charge in [0.2, 0.25) is 0 Å². The predicted molar refractivity (Wildman–Crippen MR) is 104 cm³/mol. The van der Waals surface area contributed by atoms with Crippen LogP contribution in [0.2, 0.25) is 5.02 Å². The zero-order valence-corrected chi connectivity index (χ0v) is 16.5. The Morgan fingerprint density at radius 2 is 1.73 bits per heavy atom. The molecule has 1 saturated heterocycles. The molecule has 3 rings (SSSR count). The van der Waals surface area contributed by atoms with Crippen LogP contribution < -0.4 is 0 Å².